The van der Waals surface area contributed by atoms with Gasteiger partial charge in [0.2, 0.25) is 0 Å². The molecule has 1 fully saturated rings. The first-order valence-corrected chi connectivity index (χ1v) is 5.77. The van der Waals surface area contributed by atoms with Gasteiger partial charge in [0.15, 0.2) is 17.4 Å². The van der Waals surface area contributed by atoms with Crippen molar-refractivity contribution >= 4 is 5.78 Å². The maximum absolute atomic E-state index is 13.0. The lowest BCUT2D eigenvalue weighted by Gasteiger charge is -2.21. The number of carbonyl (C=O) groups excluding carboxylic acids is 1. The molecule has 4 heteroatoms. The molecule has 0 saturated heterocycles. The van der Waals surface area contributed by atoms with Crippen LogP contribution in [0.3, 0.4) is 0 Å². The van der Waals surface area contributed by atoms with E-state index in [0.29, 0.717) is 18.4 Å². The zero-order valence-electron chi connectivity index (χ0n) is 9.51. The maximum atomic E-state index is 13.0. The van der Waals surface area contributed by atoms with Crippen molar-refractivity contribution in [3.63, 3.8) is 0 Å². The number of hydrogen-bond donors (Lipinski definition) is 1. The summed E-state index contributed by atoms with van der Waals surface area (Å²) in [5.74, 6) is -1.90. The van der Waals surface area contributed by atoms with Crippen LogP contribution in [-0.4, -0.2) is 11.3 Å². The van der Waals surface area contributed by atoms with Crippen LogP contribution < -0.4 is 5.73 Å². The van der Waals surface area contributed by atoms with Crippen molar-refractivity contribution in [3.05, 3.63) is 35.4 Å². The number of rotatable bonds is 3. The molecule has 1 aliphatic rings. The number of Topliss-reactive ketones (excluding diaryl/α,β-unsaturated/α-hetero) is 1. The summed E-state index contributed by atoms with van der Waals surface area (Å²) in [6, 6.07) is 3.52. The van der Waals surface area contributed by atoms with Crippen LogP contribution in [0.25, 0.3) is 0 Å². The highest BCUT2D eigenvalue weighted by Crippen LogP contribution is 2.29. The monoisotopic (exact) mass is 239 g/mol. The lowest BCUT2D eigenvalue weighted by Crippen LogP contribution is -2.46. The predicted molar refractivity (Wildman–Crippen MR) is 60.5 cm³/mol. The summed E-state index contributed by atoms with van der Waals surface area (Å²) in [7, 11) is 0. The quantitative estimate of drug-likeness (QED) is 0.879. The Kier molecular flexibility index (Phi) is 3.24. The number of carbonyl (C=O) groups is 1. The second-order valence-electron chi connectivity index (χ2n) is 4.71. The first-order valence-electron chi connectivity index (χ1n) is 5.77. The van der Waals surface area contributed by atoms with E-state index in [1.54, 1.807) is 0 Å². The van der Waals surface area contributed by atoms with E-state index in [2.05, 4.69) is 0 Å². The van der Waals surface area contributed by atoms with Gasteiger partial charge in [-0.05, 0) is 30.5 Å². The minimum Gasteiger partial charge on any atom is -0.319 e. The van der Waals surface area contributed by atoms with Crippen molar-refractivity contribution in [3.8, 4) is 0 Å². The zero-order chi connectivity index (χ0) is 12.5. The fraction of sp³-hybridized carbons (Fsp3) is 0.462. The third-order valence-electron chi connectivity index (χ3n) is 3.40. The summed E-state index contributed by atoms with van der Waals surface area (Å²) >= 11 is 0. The molecular formula is C13H15F2NO. The number of nitrogens with two attached hydrogens (primary N) is 1. The Balaban J connectivity index is 2.10. The Morgan fingerprint density at radius 1 is 1.24 bits per heavy atom. The van der Waals surface area contributed by atoms with Gasteiger partial charge in [0.05, 0.1) is 5.54 Å². The van der Waals surface area contributed by atoms with E-state index in [-0.39, 0.29) is 12.2 Å². The molecule has 0 aliphatic heterocycles. The Labute approximate surface area is 98.8 Å². The molecule has 0 unspecified atom stereocenters. The molecule has 0 spiro atoms. The largest absolute Gasteiger partial charge is 0.319 e. The molecular weight excluding hydrogens is 224 g/mol. The Hall–Kier alpha value is -1.29. The SMILES string of the molecule is NC1(C(=O)Cc2ccc(F)c(F)c2)CCCC1. The van der Waals surface area contributed by atoms with Crippen molar-refractivity contribution in [1.29, 1.82) is 0 Å². The average Bonchev–Trinajstić information content (AvgIpc) is 2.72. The van der Waals surface area contributed by atoms with E-state index in [1.807, 2.05) is 0 Å². The second kappa shape index (κ2) is 4.53. The van der Waals surface area contributed by atoms with Crippen LogP contribution in [0.15, 0.2) is 18.2 Å². The van der Waals surface area contributed by atoms with E-state index >= 15 is 0 Å². The summed E-state index contributed by atoms with van der Waals surface area (Å²) in [6.07, 6.45) is 3.37. The first kappa shape index (κ1) is 12.2. The predicted octanol–water partition coefficient (Wildman–Crippen LogP) is 2.35. The zero-order valence-corrected chi connectivity index (χ0v) is 9.51. The van der Waals surface area contributed by atoms with Gasteiger partial charge in [-0.15, -0.1) is 0 Å². The number of benzene rings is 1. The minimum absolute atomic E-state index is 0.0771. The summed E-state index contributed by atoms with van der Waals surface area (Å²) in [6.45, 7) is 0. The topological polar surface area (TPSA) is 43.1 Å². The van der Waals surface area contributed by atoms with E-state index in [0.717, 1.165) is 25.0 Å². The second-order valence-corrected chi connectivity index (χ2v) is 4.71. The highest BCUT2D eigenvalue weighted by atomic mass is 19.2. The molecule has 2 nitrogen and oxygen atoms in total. The summed E-state index contributed by atoms with van der Waals surface area (Å²) in [5.41, 5.74) is 5.72. The van der Waals surface area contributed by atoms with Crippen molar-refractivity contribution < 1.29 is 13.6 Å². The fourth-order valence-electron chi connectivity index (χ4n) is 2.30. The van der Waals surface area contributed by atoms with Gasteiger partial charge in [-0.3, -0.25) is 4.79 Å². The Morgan fingerprint density at radius 2 is 1.88 bits per heavy atom. The molecule has 0 amide bonds. The molecule has 0 aromatic heterocycles. The van der Waals surface area contributed by atoms with Gasteiger partial charge >= 0.3 is 0 Å². The molecule has 0 heterocycles. The van der Waals surface area contributed by atoms with Crippen LogP contribution in [0, 0.1) is 11.6 Å². The van der Waals surface area contributed by atoms with Crippen LogP contribution in [0.1, 0.15) is 31.2 Å². The summed E-state index contributed by atoms with van der Waals surface area (Å²) in [5, 5.41) is 0. The molecule has 17 heavy (non-hydrogen) atoms. The first-order chi connectivity index (χ1) is 8.01. The molecule has 0 bridgehead atoms. The van der Waals surface area contributed by atoms with Gasteiger partial charge in [-0.25, -0.2) is 8.78 Å². The Morgan fingerprint density at radius 3 is 2.47 bits per heavy atom. The van der Waals surface area contributed by atoms with E-state index in [1.165, 1.54) is 6.07 Å². The van der Waals surface area contributed by atoms with Crippen LogP contribution in [0.2, 0.25) is 0 Å². The third kappa shape index (κ3) is 2.52. The summed E-state index contributed by atoms with van der Waals surface area (Å²) < 4.78 is 25.7. The smallest absolute Gasteiger partial charge is 0.159 e. The molecule has 92 valence electrons. The highest BCUT2D eigenvalue weighted by Gasteiger charge is 2.36. The number of halogens is 2. The minimum atomic E-state index is -0.923. The van der Waals surface area contributed by atoms with Crippen molar-refractivity contribution in [2.75, 3.05) is 0 Å². The van der Waals surface area contributed by atoms with Gasteiger partial charge in [0, 0.05) is 6.42 Å². The lowest BCUT2D eigenvalue weighted by atomic mass is 9.89. The molecule has 2 N–H and O–H groups in total. The van der Waals surface area contributed by atoms with Gasteiger partial charge < -0.3 is 5.73 Å². The van der Waals surface area contributed by atoms with Gasteiger partial charge in [0.25, 0.3) is 0 Å². The van der Waals surface area contributed by atoms with E-state index in [9.17, 15) is 13.6 Å². The van der Waals surface area contributed by atoms with Crippen LogP contribution in [-0.2, 0) is 11.2 Å². The van der Waals surface area contributed by atoms with E-state index < -0.39 is 17.2 Å². The number of ketones is 1. The van der Waals surface area contributed by atoms with Crippen molar-refractivity contribution in [2.24, 2.45) is 5.73 Å². The maximum Gasteiger partial charge on any atom is 0.159 e. The summed E-state index contributed by atoms with van der Waals surface area (Å²) in [4.78, 5) is 12.0. The van der Waals surface area contributed by atoms with Crippen molar-refractivity contribution in [1.82, 2.24) is 0 Å². The molecule has 1 saturated carbocycles. The lowest BCUT2D eigenvalue weighted by molar-refractivity contribution is -0.123. The van der Waals surface area contributed by atoms with Crippen LogP contribution in [0.4, 0.5) is 8.78 Å². The van der Waals surface area contributed by atoms with Gasteiger partial charge in [-0.1, -0.05) is 18.9 Å². The standard InChI is InChI=1S/C13H15F2NO/c14-10-4-3-9(7-11(10)15)8-12(17)13(16)5-1-2-6-13/h3-4,7H,1-2,5-6,8,16H2. The molecule has 1 aromatic carbocycles. The van der Waals surface area contributed by atoms with Crippen LogP contribution in [0.5, 0.6) is 0 Å². The van der Waals surface area contributed by atoms with Crippen LogP contribution >= 0.6 is 0 Å². The Bertz CT molecular complexity index is 439. The normalized spacial score (nSPS) is 18.3. The molecule has 1 aromatic rings. The molecule has 0 atom stereocenters. The van der Waals surface area contributed by atoms with Gasteiger partial charge in [0.1, 0.15) is 0 Å². The van der Waals surface area contributed by atoms with E-state index in [4.69, 9.17) is 5.73 Å². The molecule has 1 aliphatic carbocycles. The fourth-order valence-corrected chi connectivity index (χ4v) is 2.30. The van der Waals surface area contributed by atoms with Gasteiger partial charge in [-0.2, -0.15) is 0 Å². The highest BCUT2D eigenvalue weighted by molar-refractivity contribution is 5.90. The molecule has 2 rings (SSSR count). The number of hydrogen-bond acceptors (Lipinski definition) is 2. The average molecular weight is 239 g/mol. The third-order valence-corrected chi connectivity index (χ3v) is 3.40. The van der Waals surface area contributed by atoms with Crippen molar-refractivity contribution in [2.45, 2.75) is 37.6 Å². The molecule has 0 radical (unpaired) electrons.